The molecular formula is C16H16N4O3S2. The van der Waals surface area contributed by atoms with Gasteiger partial charge in [-0.3, -0.25) is 19.3 Å². The number of anilines is 1. The lowest BCUT2D eigenvalue weighted by Gasteiger charge is -2.14. The lowest BCUT2D eigenvalue weighted by Crippen LogP contribution is -2.43. The van der Waals surface area contributed by atoms with E-state index in [1.54, 1.807) is 0 Å². The maximum Gasteiger partial charge on any atom is 0.246 e. The largest absolute Gasteiger partial charge is 0.323 e. The van der Waals surface area contributed by atoms with Gasteiger partial charge in [-0.2, -0.15) is 5.26 Å². The minimum atomic E-state index is -0.541. The topological polar surface area (TPSA) is 102 Å². The first-order valence-corrected chi connectivity index (χ1v) is 9.20. The Balaban J connectivity index is 1.62. The van der Waals surface area contributed by atoms with Crippen LogP contribution in [0.1, 0.15) is 41.7 Å². The van der Waals surface area contributed by atoms with Crippen molar-refractivity contribution in [1.82, 2.24) is 10.2 Å². The molecule has 2 heterocycles. The molecule has 1 aromatic rings. The molecule has 2 N–H and O–H groups in total. The Hall–Kier alpha value is -2.31. The summed E-state index contributed by atoms with van der Waals surface area (Å²) in [5.74, 6) is -1.24. The third-order valence-corrected chi connectivity index (χ3v) is 5.63. The zero-order valence-electron chi connectivity index (χ0n) is 13.4. The Labute approximate surface area is 154 Å². The normalized spacial score (nSPS) is 16.4. The number of rotatable bonds is 3. The lowest BCUT2D eigenvalue weighted by molar-refractivity contribution is -0.142. The molecular weight excluding hydrogens is 360 g/mol. The SMILES string of the molecule is N#Cc1c(NC(=S)NC(=O)CN2C(=O)CCC2=O)sc2c1CCCC2. The Morgan fingerprint density at radius 2 is 1.88 bits per heavy atom. The molecule has 1 saturated heterocycles. The molecule has 1 aliphatic heterocycles. The number of carbonyl (C=O) groups excluding carboxylic acids is 3. The van der Waals surface area contributed by atoms with Gasteiger partial charge in [0.15, 0.2) is 5.11 Å². The average Bonchev–Trinajstić information content (AvgIpc) is 3.08. The van der Waals surface area contributed by atoms with Crippen molar-refractivity contribution < 1.29 is 14.4 Å². The second kappa shape index (κ2) is 7.29. The summed E-state index contributed by atoms with van der Waals surface area (Å²) < 4.78 is 0. The van der Waals surface area contributed by atoms with Crippen LogP contribution in [0.25, 0.3) is 0 Å². The van der Waals surface area contributed by atoms with Crippen LogP contribution in [0.3, 0.4) is 0 Å². The molecule has 1 aromatic heterocycles. The predicted octanol–water partition coefficient (Wildman–Crippen LogP) is 1.46. The number of hydrogen-bond acceptors (Lipinski definition) is 6. The number of carbonyl (C=O) groups is 3. The van der Waals surface area contributed by atoms with Crippen molar-refractivity contribution in [2.45, 2.75) is 38.5 Å². The van der Waals surface area contributed by atoms with E-state index in [1.165, 1.54) is 16.2 Å². The Morgan fingerprint density at radius 1 is 1.20 bits per heavy atom. The number of nitriles is 1. The first-order valence-electron chi connectivity index (χ1n) is 7.98. The highest BCUT2D eigenvalue weighted by molar-refractivity contribution is 7.80. The van der Waals surface area contributed by atoms with Crippen LogP contribution >= 0.6 is 23.6 Å². The van der Waals surface area contributed by atoms with E-state index in [4.69, 9.17) is 12.2 Å². The smallest absolute Gasteiger partial charge is 0.246 e. The van der Waals surface area contributed by atoms with Gasteiger partial charge >= 0.3 is 0 Å². The van der Waals surface area contributed by atoms with Crippen molar-refractivity contribution in [3.63, 3.8) is 0 Å². The van der Waals surface area contributed by atoms with Crippen LogP contribution in [0.15, 0.2) is 0 Å². The second-order valence-electron chi connectivity index (χ2n) is 5.90. The van der Waals surface area contributed by atoms with Gasteiger partial charge in [-0.15, -0.1) is 11.3 Å². The van der Waals surface area contributed by atoms with Crippen molar-refractivity contribution in [3.8, 4) is 6.07 Å². The number of thiocarbonyl (C=S) groups is 1. The van der Waals surface area contributed by atoms with Crippen LogP contribution in [0.5, 0.6) is 0 Å². The number of likely N-dealkylation sites (tertiary alicyclic amines) is 1. The van der Waals surface area contributed by atoms with Gasteiger partial charge in [0.1, 0.15) is 17.6 Å². The molecule has 9 heteroatoms. The van der Waals surface area contributed by atoms with Gasteiger partial charge in [-0.1, -0.05) is 0 Å². The van der Waals surface area contributed by atoms with Gasteiger partial charge < -0.3 is 10.6 Å². The van der Waals surface area contributed by atoms with Crippen LogP contribution in [0.2, 0.25) is 0 Å². The molecule has 0 unspecified atom stereocenters. The van der Waals surface area contributed by atoms with Gasteiger partial charge in [0.2, 0.25) is 17.7 Å². The molecule has 3 rings (SSSR count). The van der Waals surface area contributed by atoms with Crippen molar-refractivity contribution >= 4 is 51.4 Å². The number of imide groups is 1. The minimum absolute atomic E-state index is 0.0548. The van der Waals surface area contributed by atoms with E-state index in [-0.39, 0.29) is 36.3 Å². The lowest BCUT2D eigenvalue weighted by atomic mass is 9.96. The first-order chi connectivity index (χ1) is 12.0. The summed E-state index contributed by atoms with van der Waals surface area (Å²) in [4.78, 5) is 37.2. The van der Waals surface area contributed by atoms with E-state index >= 15 is 0 Å². The minimum Gasteiger partial charge on any atom is -0.323 e. The molecule has 7 nitrogen and oxygen atoms in total. The summed E-state index contributed by atoms with van der Waals surface area (Å²) in [5, 5.41) is 15.5. The molecule has 130 valence electrons. The monoisotopic (exact) mass is 376 g/mol. The van der Waals surface area contributed by atoms with E-state index < -0.39 is 5.91 Å². The molecule has 0 radical (unpaired) electrons. The second-order valence-corrected chi connectivity index (χ2v) is 7.42. The summed E-state index contributed by atoms with van der Waals surface area (Å²) in [6, 6.07) is 2.21. The highest BCUT2D eigenvalue weighted by Gasteiger charge is 2.30. The van der Waals surface area contributed by atoms with E-state index in [9.17, 15) is 19.6 Å². The van der Waals surface area contributed by atoms with Crippen LogP contribution in [0.4, 0.5) is 5.00 Å². The van der Waals surface area contributed by atoms with Crippen LogP contribution in [0, 0.1) is 11.3 Å². The quantitative estimate of drug-likeness (QED) is 0.612. The Morgan fingerprint density at radius 3 is 2.56 bits per heavy atom. The summed E-state index contributed by atoms with van der Waals surface area (Å²) in [5.41, 5.74) is 1.66. The standard InChI is InChI=1S/C16H16N4O3S2/c17-7-10-9-3-1-2-4-11(9)25-15(10)19-16(24)18-12(21)8-20-13(22)5-6-14(20)23/h1-6,8H2,(H2,18,19,21,24). The molecule has 0 spiro atoms. The van der Waals surface area contributed by atoms with Crippen LogP contribution < -0.4 is 10.6 Å². The summed E-state index contributed by atoms with van der Waals surface area (Å²) in [6.07, 6.45) is 4.29. The number of nitrogens with one attached hydrogen (secondary N) is 2. The van der Waals surface area contributed by atoms with E-state index in [1.807, 2.05) is 0 Å². The van der Waals surface area contributed by atoms with Gasteiger partial charge in [0, 0.05) is 17.7 Å². The molecule has 0 bridgehead atoms. The van der Waals surface area contributed by atoms with Gasteiger partial charge in [0.25, 0.3) is 0 Å². The Kier molecular flexibility index (Phi) is 5.11. The fourth-order valence-corrected chi connectivity index (χ4v) is 4.54. The molecule has 0 aromatic carbocycles. The first kappa shape index (κ1) is 17.5. The van der Waals surface area contributed by atoms with Crippen molar-refractivity contribution in [2.75, 3.05) is 11.9 Å². The molecule has 0 saturated carbocycles. The number of hydrogen-bond donors (Lipinski definition) is 2. The third kappa shape index (κ3) is 3.70. The van der Waals surface area contributed by atoms with Crippen molar-refractivity contribution in [1.29, 1.82) is 5.26 Å². The third-order valence-electron chi connectivity index (χ3n) is 4.22. The molecule has 3 amide bonds. The molecule has 0 atom stereocenters. The zero-order chi connectivity index (χ0) is 18.0. The fraction of sp³-hybridized carbons (Fsp3) is 0.438. The van der Waals surface area contributed by atoms with E-state index in [0.29, 0.717) is 10.6 Å². The number of amides is 3. The maximum absolute atomic E-state index is 12.0. The summed E-state index contributed by atoms with van der Waals surface area (Å²) in [6.45, 7) is -0.342. The number of thiophene rings is 1. The molecule has 25 heavy (non-hydrogen) atoms. The molecule has 1 fully saturated rings. The van der Waals surface area contributed by atoms with Gasteiger partial charge in [0.05, 0.1) is 5.56 Å². The number of aryl methyl sites for hydroxylation is 1. The van der Waals surface area contributed by atoms with Gasteiger partial charge in [-0.05, 0) is 43.5 Å². The summed E-state index contributed by atoms with van der Waals surface area (Å²) in [7, 11) is 0. The fourth-order valence-electron chi connectivity index (χ4n) is 3.02. The number of nitrogens with zero attached hydrogens (tertiary/aromatic N) is 2. The highest BCUT2D eigenvalue weighted by atomic mass is 32.1. The van der Waals surface area contributed by atoms with Crippen LogP contribution in [-0.4, -0.2) is 34.3 Å². The van der Waals surface area contributed by atoms with Crippen LogP contribution in [-0.2, 0) is 27.2 Å². The van der Waals surface area contributed by atoms with Crippen molar-refractivity contribution in [3.05, 3.63) is 16.0 Å². The summed E-state index contributed by atoms with van der Waals surface area (Å²) >= 11 is 6.61. The van der Waals surface area contributed by atoms with E-state index in [0.717, 1.165) is 36.1 Å². The maximum atomic E-state index is 12.0. The Bertz CT molecular complexity index is 793. The number of fused-ring (bicyclic) bond motifs is 1. The predicted molar refractivity (Wildman–Crippen MR) is 96.0 cm³/mol. The molecule has 1 aliphatic carbocycles. The van der Waals surface area contributed by atoms with E-state index in [2.05, 4.69) is 16.7 Å². The van der Waals surface area contributed by atoms with Gasteiger partial charge in [-0.25, -0.2) is 0 Å². The zero-order valence-corrected chi connectivity index (χ0v) is 15.0. The average molecular weight is 376 g/mol. The molecule has 2 aliphatic rings. The van der Waals surface area contributed by atoms with Crippen molar-refractivity contribution in [2.24, 2.45) is 0 Å². The highest BCUT2D eigenvalue weighted by Crippen LogP contribution is 2.37.